The molecule has 0 saturated carbocycles. The summed E-state index contributed by atoms with van der Waals surface area (Å²) in [5, 5.41) is 0. The molecule has 0 aliphatic heterocycles. The van der Waals surface area contributed by atoms with E-state index in [1.54, 1.807) is 12.1 Å². The zero-order chi connectivity index (χ0) is 13.3. The SMILES string of the molecule is Cc1ccc(-c2ccc(S(=O)(=O)Cl)cc2)cc1C. The van der Waals surface area contributed by atoms with Gasteiger partial charge in [-0.05, 0) is 48.2 Å². The van der Waals surface area contributed by atoms with E-state index in [9.17, 15) is 8.42 Å². The molecule has 0 fully saturated rings. The van der Waals surface area contributed by atoms with E-state index in [1.165, 1.54) is 23.3 Å². The zero-order valence-corrected chi connectivity index (χ0v) is 11.7. The fourth-order valence-electron chi connectivity index (χ4n) is 1.73. The molecule has 0 N–H and O–H groups in total. The first-order valence-electron chi connectivity index (χ1n) is 5.50. The van der Waals surface area contributed by atoms with Gasteiger partial charge in [-0.3, -0.25) is 0 Å². The van der Waals surface area contributed by atoms with Crippen molar-refractivity contribution in [2.45, 2.75) is 18.7 Å². The maximum Gasteiger partial charge on any atom is 0.261 e. The Labute approximate surface area is 112 Å². The Bertz CT molecular complexity index is 673. The molecule has 0 bridgehead atoms. The number of benzene rings is 2. The molecule has 0 heterocycles. The molecule has 0 radical (unpaired) electrons. The van der Waals surface area contributed by atoms with Gasteiger partial charge < -0.3 is 0 Å². The van der Waals surface area contributed by atoms with Crippen LogP contribution < -0.4 is 0 Å². The van der Waals surface area contributed by atoms with Crippen molar-refractivity contribution in [1.29, 1.82) is 0 Å². The third kappa shape index (κ3) is 2.74. The molecular weight excluding hydrogens is 268 g/mol. The van der Waals surface area contributed by atoms with Crippen molar-refractivity contribution in [3.8, 4) is 11.1 Å². The average molecular weight is 281 g/mol. The lowest BCUT2D eigenvalue weighted by atomic mass is 10.0. The van der Waals surface area contributed by atoms with Crippen LogP contribution in [0.15, 0.2) is 47.4 Å². The number of aryl methyl sites for hydroxylation is 2. The number of halogens is 1. The lowest BCUT2D eigenvalue weighted by molar-refractivity contribution is 0.609. The fourth-order valence-corrected chi connectivity index (χ4v) is 2.50. The summed E-state index contributed by atoms with van der Waals surface area (Å²) in [6.45, 7) is 4.11. The third-order valence-corrected chi connectivity index (χ3v) is 4.35. The van der Waals surface area contributed by atoms with Crippen LogP contribution in [-0.4, -0.2) is 8.42 Å². The number of hydrogen-bond donors (Lipinski definition) is 0. The highest BCUT2D eigenvalue weighted by Gasteiger charge is 2.09. The van der Waals surface area contributed by atoms with E-state index in [1.807, 2.05) is 6.07 Å². The van der Waals surface area contributed by atoms with Crippen LogP contribution in [0.3, 0.4) is 0 Å². The monoisotopic (exact) mass is 280 g/mol. The first-order chi connectivity index (χ1) is 8.38. The largest absolute Gasteiger partial charge is 0.261 e. The van der Waals surface area contributed by atoms with Crippen molar-refractivity contribution in [2.75, 3.05) is 0 Å². The highest BCUT2D eigenvalue weighted by atomic mass is 35.7. The second-order valence-corrected chi connectivity index (χ2v) is 6.83. The number of rotatable bonds is 2. The van der Waals surface area contributed by atoms with Gasteiger partial charge in [0.15, 0.2) is 0 Å². The molecule has 0 aliphatic carbocycles. The Morgan fingerprint density at radius 2 is 1.39 bits per heavy atom. The van der Waals surface area contributed by atoms with E-state index in [4.69, 9.17) is 10.7 Å². The summed E-state index contributed by atoms with van der Waals surface area (Å²) in [7, 11) is 1.63. The van der Waals surface area contributed by atoms with Gasteiger partial charge in [0, 0.05) is 10.7 Å². The molecule has 0 aliphatic rings. The van der Waals surface area contributed by atoms with Crippen molar-refractivity contribution in [3.63, 3.8) is 0 Å². The van der Waals surface area contributed by atoms with Crippen LogP contribution in [0.2, 0.25) is 0 Å². The molecule has 94 valence electrons. The van der Waals surface area contributed by atoms with Gasteiger partial charge in [-0.25, -0.2) is 8.42 Å². The van der Waals surface area contributed by atoms with Gasteiger partial charge in [0.25, 0.3) is 9.05 Å². The van der Waals surface area contributed by atoms with Crippen molar-refractivity contribution < 1.29 is 8.42 Å². The van der Waals surface area contributed by atoms with Crippen molar-refractivity contribution in [3.05, 3.63) is 53.6 Å². The van der Waals surface area contributed by atoms with Crippen LogP contribution in [0.5, 0.6) is 0 Å². The summed E-state index contributed by atoms with van der Waals surface area (Å²) >= 11 is 0. The van der Waals surface area contributed by atoms with Crippen LogP contribution in [0.25, 0.3) is 11.1 Å². The quantitative estimate of drug-likeness (QED) is 0.782. The molecule has 0 amide bonds. The number of hydrogen-bond acceptors (Lipinski definition) is 2. The normalized spacial score (nSPS) is 11.5. The second-order valence-electron chi connectivity index (χ2n) is 4.26. The predicted octanol–water partition coefficient (Wildman–Crippen LogP) is 3.90. The fraction of sp³-hybridized carbons (Fsp3) is 0.143. The van der Waals surface area contributed by atoms with E-state index in [-0.39, 0.29) is 4.90 Å². The minimum Gasteiger partial charge on any atom is -0.207 e. The average Bonchev–Trinajstić information content (AvgIpc) is 2.32. The molecule has 0 aromatic heterocycles. The van der Waals surface area contributed by atoms with Crippen LogP contribution >= 0.6 is 10.7 Å². The van der Waals surface area contributed by atoms with E-state index < -0.39 is 9.05 Å². The van der Waals surface area contributed by atoms with Crippen LogP contribution in [0, 0.1) is 13.8 Å². The second kappa shape index (κ2) is 4.75. The van der Waals surface area contributed by atoms with Gasteiger partial charge in [-0.2, -0.15) is 0 Å². The molecule has 2 nitrogen and oxygen atoms in total. The minimum absolute atomic E-state index is 0.122. The Morgan fingerprint density at radius 3 is 1.89 bits per heavy atom. The summed E-state index contributed by atoms with van der Waals surface area (Å²) in [6, 6.07) is 12.7. The Kier molecular flexibility index (Phi) is 3.46. The van der Waals surface area contributed by atoms with E-state index in [0.717, 1.165) is 11.1 Å². The topological polar surface area (TPSA) is 34.1 Å². The molecule has 0 atom stereocenters. The van der Waals surface area contributed by atoms with Gasteiger partial charge in [0.2, 0.25) is 0 Å². The highest BCUT2D eigenvalue weighted by molar-refractivity contribution is 8.13. The lowest BCUT2D eigenvalue weighted by Gasteiger charge is -2.06. The maximum atomic E-state index is 11.1. The van der Waals surface area contributed by atoms with Gasteiger partial charge in [-0.15, -0.1) is 0 Å². The van der Waals surface area contributed by atoms with E-state index >= 15 is 0 Å². The van der Waals surface area contributed by atoms with E-state index in [2.05, 4.69) is 26.0 Å². The van der Waals surface area contributed by atoms with Crippen molar-refractivity contribution in [2.24, 2.45) is 0 Å². The van der Waals surface area contributed by atoms with Gasteiger partial charge in [0.1, 0.15) is 0 Å². The maximum absolute atomic E-state index is 11.1. The van der Waals surface area contributed by atoms with Crippen molar-refractivity contribution >= 4 is 19.7 Å². The van der Waals surface area contributed by atoms with E-state index in [0.29, 0.717) is 0 Å². The Balaban J connectivity index is 2.43. The Morgan fingerprint density at radius 1 is 0.833 bits per heavy atom. The first-order valence-corrected chi connectivity index (χ1v) is 7.81. The minimum atomic E-state index is -3.64. The standard InChI is InChI=1S/C14H13ClO2S/c1-10-3-4-13(9-11(10)2)12-5-7-14(8-6-12)18(15,16)17/h3-9H,1-2H3. The van der Waals surface area contributed by atoms with Crippen LogP contribution in [0.1, 0.15) is 11.1 Å². The van der Waals surface area contributed by atoms with Gasteiger partial charge >= 0.3 is 0 Å². The molecular formula is C14H13ClO2S. The lowest BCUT2D eigenvalue weighted by Crippen LogP contribution is -1.90. The zero-order valence-electron chi connectivity index (χ0n) is 10.1. The molecule has 2 aromatic carbocycles. The molecule has 0 saturated heterocycles. The summed E-state index contributed by atoms with van der Waals surface area (Å²) in [6.07, 6.45) is 0. The van der Waals surface area contributed by atoms with Gasteiger partial charge in [0.05, 0.1) is 4.90 Å². The third-order valence-electron chi connectivity index (χ3n) is 2.98. The molecule has 2 aromatic rings. The summed E-state index contributed by atoms with van der Waals surface area (Å²) in [4.78, 5) is 0.122. The summed E-state index contributed by atoms with van der Waals surface area (Å²) in [5.41, 5.74) is 4.49. The van der Waals surface area contributed by atoms with Crippen molar-refractivity contribution in [1.82, 2.24) is 0 Å². The molecule has 0 spiro atoms. The van der Waals surface area contributed by atoms with Crippen LogP contribution in [-0.2, 0) is 9.05 Å². The highest BCUT2D eigenvalue weighted by Crippen LogP contribution is 2.24. The molecule has 2 rings (SSSR count). The van der Waals surface area contributed by atoms with Crippen LogP contribution in [0.4, 0.5) is 0 Å². The molecule has 4 heteroatoms. The molecule has 0 unspecified atom stereocenters. The predicted molar refractivity (Wildman–Crippen MR) is 74.4 cm³/mol. The van der Waals surface area contributed by atoms with Gasteiger partial charge in [-0.1, -0.05) is 30.3 Å². The first kappa shape index (κ1) is 13.1. The molecule has 18 heavy (non-hydrogen) atoms. The summed E-state index contributed by atoms with van der Waals surface area (Å²) in [5.74, 6) is 0. The summed E-state index contributed by atoms with van der Waals surface area (Å²) < 4.78 is 22.3. The Hall–Kier alpha value is -1.32. The smallest absolute Gasteiger partial charge is 0.207 e.